The Bertz CT molecular complexity index is 420. The standard InChI is InChI=1S/C9H11N5S/c1-6-4-7(10)14-8(13-6)5-15-9-11-2-3-12-9/h2-4H,5H2,1H3,(H,11,12)(H2,10,13,14). The number of aromatic nitrogens is 4. The van der Waals surface area contributed by atoms with E-state index in [0.29, 0.717) is 11.6 Å². The number of rotatable bonds is 3. The van der Waals surface area contributed by atoms with Gasteiger partial charge >= 0.3 is 0 Å². The van der Waals surface area contributed by atoms with Gasteiger partial charge in [-0.1, -0.05) is 11.8 Å². The lowest BCUT2D eigenvalue weighted by Crippen LogP contribution is -1.99. The van der Waals surface area contributed by atoms with Crippen molar-refractivity contribution in [2.24, 2.45) is 0 Å². The van der Waals surface area contributed by atoms with Crippen molar-refractivity contribution in [1.82, 2.24) is 19.9 Å². The molecule has 0 unspecified atom stereocenters. The molecule has 2 heterocycles. The predicted molar refractivity (Wildman–Crippen MR) is 59.3 cm³/mol. The third-order valence-electron chi connectivity index (χ3n) is 1.73. The van der Waals surface area contributed by atoms with Gasteiger partial charge in [0.25, 0.3) is 0 Å². The van der Waals surface area contributed by atoms with E-state index in [0.717, 1.165) is 16.7 Å². The van der Waals surface area contributed by atoms with Crippen molar-refractivity contribution >= 4 is 17.6 Å². The van der Waals surface area contributed by atoms with E-state index in [1.165, 1.54) is 0 Å². The molecular formula is C9H11N5S. The van der Waals surface area contributed by atoms with E-state index >= 15 is 0 Å². The van der Waals surface area contributed by atoms with Crippen LogP contribution in [0, 0.1) is 6.92 Å². The molecule has 2 rings (SSSR count). The molecule has 0 aliphatic carbocycles. The summed E-state index contributed by atoms with van der Waals surface area (Å²) < 4.78 is 0. The van der Waals surface area contributed by atoms with Crippen LogP contribution in [0.4, 0.5) is 5.82 Å². The molecule has 15 heavy (non-hydrogen) atoms. The first-order valence-electron chi connectivity index (χ1n) is 4.46. The molecule has 0 saturated heterocycles. The Balaban J connectivity index is 2.05. The minimum atomic E-state index is 0.512. The van der Waals surface area contributed by atoms with Crippen LogP contribution >= 0.6 is 11.8 Å². The Morgan fingerprint density at radius 1 is 1.47 bits per heavy atom. The normalized spacial score (nSPS) is 10.5. The van der Waals surface area contributed by atoms with Crippen molar-refractivity contribution < 1.29 is 0 Å². The fourth-order valence-corrected chi connectivity index (χ4v) is 1.87. The van der Waals surface area contributed by atoms with Crippen molar-refractivity contribution in [3.63, 3.8) is 0 Å². The van der Waals surface area contributed by atoms with Gasteiger partial charge in [0.05, 0.1) is 5.75 Å². The van der Waals surface area contributed by atoms with Crippen LogP contribution in [0.15, 0.2) is 23.6 Å². The van der Waals surface area contributed by atoms with Crippen LogP contribution in [0.25, 0.3) is 0 Å². The quantitative estimate of drug-likeness (QED) is 0.765. The maximum Gasteiger partial charge on any atom is 0.165 e. The molecule has 0 radical (unpaired) electrons. The van der Waals surface area contributed by atoms with Gasteiger partial charge in [0.1, 0.15) is 11.6 Å². The molecule has 0 atom stereocenters. The molecular weight excluding hydrogens is 210 g/mol. The molecule has 0 aliphatic rings. The fraction of sp³-hybridized carbons (Fsp3) is 0.222. The number of nitrogens with zero attached hydrogens (tertiary/aromatic N) is 3. The average molecular weight is 221 g/mol. The molecule has 6 heteroatoms. The molecule has 0 fully saturated rings. The molecule has 0 amide bonds. The Hall–Kier alpha value is -1.56. The first-order valence-corrected chi connectivity index (χ1v) is 5.45. The number of aryl methyl sites for hydroxylation is 1. The maximum atomic E-state index is 5.62. The number of imidazole rings is 1. The van der Waals surface area contributed by atoms with Gasteiger partial charge in [-0.25, -0.2) is 15.0 Å². The highest BCUT2D eigenvalue weighted by Gasteiger charge is 2.02. The van der Waals surface area contributed by atoms with Gasteiger partial charge in [-0.05, 0) is 6.92 Å². The highest BCUT2D eigenvalue weighted by molar-refractivity contribution is 7.98. The monoisotopic (exact) mass is 221 g/mol. The van der Waals surface area contributed by atoms with Gasteiger partial charge in [0, 0.05) is 24.2 Å². The van der Waals surface area contributed by atoms with Crippen LogP contribution in [0.3, 0.4) is 0 Å². The average Bonchev–Trinajstić information content (AvgIpc) is 2.65. The summed E-state index contributed by atoms with van der Waals surface area (Å²) in [7, 11) is 0. The van der Waals surface area contributed by atoms with Gasteiger partial charge in [0.2, 0.25) is 0 Å². The van der Waals surface area contributed by atoms with E-state index in [9.17, 15) is 0 Å². The first-order chi connectivity index (χ1) is 7.24. The third kappa shape index (κ3) is 2.69. The van der Waals surface area contributed by atoms with Crippen LogP contribution in [-0.4, -0.2) is 19.9 Å². The van der Waals surface area contributed by atoms with E-state index in [2.05, 4.69) is 19.9 Å². The highest BCUT2D eigenvalue weighted by Crippen LogP contribution is 2.17. The van der Waals surface area contributed by atoms with Gasteiger partial charge in [-0.15, -0.1) is 0 Å². The lowest BCUT2D eigenvalue weighted by molar-refractivity contribution is 0.992. The summed E-state index contributed by atoms with van der Waals surface area (Å²) in [5, 5.41) is 0.860. The number of H-pyrrole nitrogens is 1. The summed E-state index contributed by atoms with van der Waals surface area (Å²) in [6.45, 7) is 1.90. The summed E-state index contributed by atoms with van der Waals surface area (Å²) >= 11 is 1.55. The SMILES string of the molecule is Cc1cc(N)nc(CSc2ncc[nH]2)n1. The first kappa shape index (κ1) is 9.97. The second kappa shape index (κ2) is 4.31. The van der Waals surface area contributed by atoms with Crippen molar-refractivity contribution in [3.05, 3.63) is 30.0 Å². The lowest BCUT2D eigenvalue weighted by atomic mass is 10.4. The van der Waals surface area contributed by atoms with Crippen molar-refractivity contribution in [2.75, 3.05) is 5.73 Å². The zero-order chi connectivity index (χ0) is 10.7. The van der Waals surface area contributed by atoms with E-state index < -0.39 is 0 Å². The summed E-state index contributed by atoms with van der Waals surface area (Å²) in [6.07, 6.45) is 3.50. The molecule has 0 spiro atoms. The number of aromatic amines is 1. The van der Waals surface area contributed by atoms with Gasteiger partial charge in [-0.3, -0.25) is 0 Å². The van der Waals surface area contributed by atoms with E-state index in [1.54, 1.807) is 30.2 Å². The van der Waals surface area contributed by atoms with Crippen molar-refractivity contribution in [3.8, 4) is 0 Å². The number of thioether (sulfide) groups is 1. The second-order valence-electron chi connectivity index (χ2n) is 3.03. The van der Waals surface area contributed by atoms with Crippen LogP contribution in [0.1, 0.15) is 11.5 Å². The Labute approximate surface area is 91.5 Å². The molecule has 5 nitrogen and oxygen atoms in total. The molecule has 0 bridgehead atoms. The van der Waals surface area contributed by atoms with Crippen molar-refractivity contribution in [2.45, 2.75) is 17.8 Å². The van der Waals surface area contributed by atoms with Crippen LogP contribution in [0.2, 0.25) is 0 Å². The van der Waals surface area contributed by atoms with Crippen LogP contribution in [0.5, 0.6) is 0 Å². The minimum Gasteiger partial charge on any atom is -0.384 e. The fourth-order valence-electron chi connectivity index (χ4n) is 1.18. The van der Waals surface area contributed by atoms with Gasteiger partial charge < -0.3 is 10.7 Å². The maximum absolute atomic E-state index is 5.62. The highest BCUT2D eigenvalue weighted by atomic mass is 32.2. The number of hydrogen-bond acceptors (Lipinski definition) is 5. The third-order valence-corrected chi connectivity index (χ3v) is 2.63. The minimum absolute atomic E-state index is 0.512. The van der Waals surface area contributed by atoms with Gasteiger partial charge in [0.15, 0.2) is 5.16 Å². The molecule has 0 aliphatic heterocycles. The smallest absolute Gasteiger partial charge is 0.165 e. The zero-order valence-corrected chi connectivity index (χ0v) is 9.08. The van der Waals surface area contributed by atoms with Crippen LogP contribution in [-0.2, 0) is 5.75 Å². The van der Waals surface area contributed by atoms with E-state index in [1.807, 2.05) is 6.92 Å². The molecule has 78 valence electrons. The summed E-state index contributed by atoms with van der Waals surface area (Å²) in [5.74, 6) is 1.91. The summed E-state index contributed by atoms with van der Waals surface area (Å²) in [5.41, 5.74) is 6.51. The molecule has 2 aromatic heterocycles. The molecule has 3 N–H and O–H groups in total. The number of nitrogens with one attached hydrogen (secondary N) is 1. The van der Waals surface area contributed by atoms with E-state index in [-0.39, 0.29) is 0 Å². The van der Waals surface area contributed by atoms with Crippen LogP contribution < -0.4 is 5.73 Å². The summed E-state index contributed by atoms with van der Waals surface area (Å²) in [4.78, 5) is 15.5. The Kier molecular flexibility index (Phi) is 2.86. The van der Waals surface area contributed by atoms with Gasteiger partial charge in [-0.2, -0.15) is 0 Å². The molecule has 0 saturated carbocycles. The molecule has 2 aromatic rings. The summed E-state index contributed by atoms with van der Waals surface area (Å²) in [6, 6.07) is 1.75. The number of hydrogen-bond donors (Lipinski definition) is 2. The predicted octanol–water partition coefficient (Wildman–Crippen LogP) is 1.38. The largest absolute Gasteiger partial charge is 0.384 e. The van der Waals surface area contributed by atoms with E-state index in [4.69, 9.17) is 5.73 Å². The lowest BCUT2D eigenvalue weighted by Gasteiger charge is -2.01. The molecule has 0 aromatic carbocycles. The number of nitrogens with two attached hydrogens (primary N) is 1. The Morgan fingerprint density at radius 2 is 2.33 bits per heavy atom. The Morgan fingerprint density at radius 3 is 3.00 bits per heavy atom. The topological polar surface area (TPSA) is 80.5 Å². The number of nitrogen functional groups attached to an aromatic ring is 1. The van der Waals surface area contributed by atoms with Crippen molar-refractivity contribution in [1.29, 1.82) is 0 Å². The second-order valence-corrected chi connectivity index (χ2v) is 4.00. The zero-order valence-electron chi connectivity index (χ0n) is 8.27. The number of anilines is 1.